The fraction of sp³-hybridized carbons (Fsp3) is 0.120. The van der Waals surface area contributed by atoms with Gasteiger partial charge in [-0.2, -0.15) is 0 Å². The molecule has 1 aliphatic rings. The molecule has 1 aliphatic heterocycles. The average molecular weight is 447 g/mol. The Morgan fingerprint density at radius 2 is 1.25 bits per heavy atom. The molecule has 32 heavy (non-hydrogen) atoms. The van der Waals surface area contributed by atoms with Gasteiger partial charge in [-0.25, -0.2) is 4.99 Å². The van der Waals surface area contributed by atoms with Crippen LogP contribution in [0.25, 0.3) is 6.08 Å². The number of anilines is 1. The summed E-state index contributed by atoms with van der Waals surface area (Å²) in [6.45, 7) is 0. The number of hydrogen-bond donors (Lipinski definition) is 0. The van der Waals surface area contributed by atoms with Crippen molar-refractivity contribution in [3.8, 4) is 17.2 Å². The largest absolute Gasteiger partial charge is 0.497 e. The number of methoxy groups -OCH3 is 3. The van der Waals surface area contributed by atoms with Crippen LogP contribution in [0.2, 0.25) is 0 Å². The van der Waals surface area contributed by atoms with Crippen LogP contribution >= 0.6 is 11.8 Å². The van der Waals surface area contributed by atoms with Crippen LogP contribution < -0.4 is 19.1 Å². The van der Waals surface area contributed by atoms with Gasteiger partial charge in [-0.1, -0.05) is 12.1 Å². The van der Waals surface area contributed by atoms with E-state index in [4.69, 9.17) is 19.2 Å². The Bertz CT molecular complexity index is 1150. The maximum Gasteiger partial charge on any atom is 0.271 e. The van der Waals surface area contributed by atoms with Crippen LogP contribution in [0.5, 0.6) is 17.2 Å². The maximum atomic E-state index is 13.4. The van der Waals surface area contributed by atoms with E-state index < -0.39 is 0 Å². The van der Waals surface area contributed by atoms with Crippen molar-refractivity contribution in [2.24, 2.45) is 4.99 Å². The van der Waals surface area contributed by atoms with Crippen molar-refractivity contribution in [3.05, 3.63) is 83.3 Å². The van der Waals surface area contributed by atoms with E-state index in [1.807, 2.05) is 78.9 Å². The summed E-state index contributed by atoms with van der Waals surface area (Å²) in [6, 6.07) is 22.3. The number of benzene rings is 3. The average Bonchev–Trinajstić information content (AvgIpc) is 3.14. The van der Waals surface area contributed by atoms with E-state index in [0.717, 1.165) is 28.5 Å². The number of amidine groups is 1. The molecule has 0 spiro atoms. The summed E-state index contributed by atoms with van der Waals surface area (Å²) in [7, 11) is 4.85. The first kappa shape index (κ1) is 21.5. The number of hydrogen-bond acceptors (Lipinski definition) is 6. The molecule has 7 heteroatoms. The van der Waals surface area contributed by atoms with Crippen molar-refractivity contribution in [3.63, 3.8) is 0 Å². The van der Waals surface area contributed by atoms with E-state index in [9.17, 15) is 4.79 Å². The van der Waals surface area contributed by atoms with Gasteiger partial charge in [0.05, 0.1) is 37.6 Å². The van der Waals surface area contributed by atoms with E-state index in [1.54, 1.807) is 26.2 Å². The molecule has 1 heterocycles. The van der Waals surface area contributed by atoms with Crippen LogP contribution in [-0.2, 0) is 4.79 Å². The lowest BCUT2D eigenvalue weighted by molar-refractivity contribution is -0.113. The minimum atomic E-state index is -0.136. The first-order valence-electron chi connectivity index (χ1n) is 9.86. The summed E-state index contributed by atoms with van der Waals surface area (Å²) in [5.74, 6) is 2.09. The van der Waals surface area contributed by atoms with Gasteiger partial charge in [-0.05, 0) is 84.1 Å². The number of rotatable bonds is 6. The molecule has 4 rings (SSSR count). The summed E-state index contributed by atoms with van der Waals surface area (Å²) >= 11 is 1.33. The predicted octanol–water partition coefficient (Wildman–Crippen LogP) is 5.52. The van der Waals surface area contributed by atoms with Crippen LogP contribution in [0, 0.1) is 0 Å². The Morgan fingerprint density at radius 1 is 0.750 bits per heavy atom. The lowest BCUT2D eigenvalue weighted by atomic mass is 10.2. The first-order valence-corrected chi connectivity index (χ1v) is 10.7. The SMILES string of the molecule is COc1ccc(/C=C2\S/C(=N\c3ccc(OC)cc3)N(c3ccc(OC)cc3)C2=O)cc1. The minimum Gasteiger partial charge on any atom is -0.497 e. The summed E-state index contributed by atoms with van der Waals surface area (Å²) < 4.78 is 15.7. The molecule has 0 aliphatic carbocycles. The second kappa shape index (κ2) is 9.62. The van der Waals surface area contributed by atoms with Crippen LogP contribution in [-0.4, -0.2) is 32.4 Å². The van der Waals surface area contributed by atoms with Gasteiger partial charge in [-0.3, -0.25) is 9.69 Å². The molecule has 0 radical (unpaired) electrons. The summed E-state index contributed by atoms with van der Waals surface area (Å²) in [5.41, 5.74) is 2.35. The predicted molar refractivity (Wildman–Crippen MR) is 129 cm³/mol. The number of carbonyl (C=O) groups excluding carboxylic acids is 1. The lowest BCUT2D eigenvalue weighted by Crippen LogP contribution is -2.28. The number of carbonyl (C=O) groups is 1. The van der Waals surface area contributed by atoms with Crippen molar-refractivity contribution in [1.29, 1.82) is 0 Å². The Hall–Kier alpha value is -3.71. The molecule has 0 aromatic heterocycles. The molecule has 1 saturated heterocycles. The molecule has 0 atom stereocenters. The van der Waals surface area contributed by atoms with Crippen LogP contribution in [0.15, 0.2) is 82.7 Å². The van der Waals surface area contributed by atoms with Gasteiger partial charge in [-0.15, -0.1) is 0 Å². The second-order valence-electron chi connectivity index (χ2n) is 6.81. The van der Waals surface area contributed by atoms with Gasteiger partial charge in [0.2, 0.25) is 0 Å². The molecule has 3 aromatic carbocycles. The molecule has 6 nitrogen and oxygen atoms in total. The molecule has 0 bridgehead atoms. The monoisotopic (exact) mass is 446 g/mol. The van der Waals surface area contributed by atoms with Gasteiger partial charge >= 0.3 is 0 Å². The minimum absolute atomic E-state index is 0.136. The van der Waals surface area contributed by atoms with Gasteiger partial charge in [0.1, 0.15) is 17.2 Å². The molecule has 0 saturated carbocycles. The maximum absolute atomic E-state index is 13.4. The molecule has 1 amide bonds. The number of thioether (sulfide) groups is 1. The van der Waals surface area contributed by atoms with Crippen molar-refractivity contribution in [1.82, 2.24) is 0 Å². The highest BCUT2D eigenvalue weighted by atomic mass is 32.2. The fourth-order valence-electron chi connectivity index (χ4n) is 3.13. The van der Waals surface area contributed by atoms with Crippen LogP contribution in [0.3, 0.4) is 0 Å². The Labute approximate surface area is 191 Å². The molecule has 162 valence electrons. The van der Waals surface area contributed by atoms with Gasteiger partial charge in [0, 0.05) is 0 Å². The quantitative estimate of drug-likeness (QED) is 0.467. The normalized spacial score (nSPS) is 16.0. The topological polar surface area (TPSA) is 60.4 Å². The lowest BCUT2D eigenvalue weighted by Gasteiger charge is -2.16. The van der Waals surface area contributed by atoms with Crippen molar-refractivity contribution in [2.45, 2.75) is 0 Å². The van der Waals surface area contributed by atoms with E-state index in [1.165, 1.54) is 11.8 Å². The smallest absolute Gasteiger partial charge is 0.271 e. The Morgan fingerprint density at radius 3 is 1.78 bits per heavy atom. The van der Waals surface area contributed by atoms with E-state index in [0.29, 0.717) is 15.8 Å². The van der Waals surface area contributed by atoms with Gasteiger partial charge in [0.25, 0.3) is 5.91 Å². The number of amides is 1. The summed E-state index contributed by atoms with van der Waals surface area (Å²) in [5, 5.41) is 0.574. The zero-order chi connectivity index (χ0) is 22.5. The third-order valence-corrected chi connectivity index (χ3v) is 5.82. The highest BCUT2D eigenvalue weighted by Crippen LogP contribution is 2.38. The van der Waals surface area contributed by atoms with Crippen LogP contribution in [0.1, 0.15) is 5.56 Å². The Kier molecular flexibility index (Phi) is 6.47. The fourth-order valence-corrected chi connectivity index (χ4v) is 4.13. The summed E-state index contributed by atoms with van der Waals surface area (Å²) in [4.78, 5) is 20.3. The third-order valence-electron chi connectivity index (χ3n) is 4.85. The molecule has 0 unspecified atom stereocenters. The molecular formula is C25H22N2O4S. The van der Waals surface area contributed by atoms with Gasteiger partial charge in [0.15, 0.2) is 5.17 Å². The molecular weight excluding hydrogens is 424 g/mol. The number of aliphatic imine (C=N–C) groups is 1. The standard InChI is InChI=1S/C25H22N2O4S/c1-29-20-10-4-17(5-11-20)16-23-24(28)27(19-8-14-22(31-3)15-9-19)25(32-23)26-18-6-12-21(30-2)13-7-18/h4-16H,1-3H3/b23-16-,26-25-. The highest BCUT2D eigenvalue weighted by molar-refractivity contribution is 8.19. The third kappa shape index (κ3) is 4.63. The Balaban J connectivity index is 1.72. The van der Waals surface area contributed by atoms with Crippen molar-refractivity contribution in [2.75, 3.05) is 26.2 Å². The van der Waals surface area contributed by atoms with Crippen LogP contribution in [0.4, 0.5) is 11.4 Å². The number of nitrogens with zero attached hydrogens (tertiary/aromatic N) is 2. The van der Waals surface area contributed by atoms with Crippen molar-refractivity contribution >= 4 is 40.3 Å². The molecule has 3 aromatic rings. The van der Waals surface area contributed by atoms with Crippen molar-refractivity contribution < 1.29 is 19.0 Å². The zero-order valence-electron chi connectivity index (χ0n) is 17.9. The summed E-state index contributed by atoms with van der Waals surface area (Å²) in [6.07, 6.45) is 1.86. The van der Waals surface area contributed by atoms with E-state index in [-0.39, 0.29) is 5.91 Å². The molecule has 0 N–H and O–H groups in total. The van der Waals surface area contributed by atoms with E-state index >= 15 is 0 Å². The highest BCUT2D eigenvalue weighted by Gasteiger charge is 2.34. The number of ether oxygens (including phenoxy) is 3. The first-order chi connectivity index (χ1) is 15.6. The molecule has 1 fully saturated rings. The zero-order valence-corrected chi connectivity index (χ0v) is 18.8. The van der Waals surface area contributed by atoms with E-state index in [2.05, 4.69) is 0 Å². The van der Waals surface area contributed by atoms with Gasteiger partial charge < -0.3 is 14.2 Å². The second-order valence-corrected chi connectivity index (χ2v) is 7.82.